The third kappa shape index (κ3) is 5.16. The summed E-state index contributed by atoms with van der Waals surface area (Å²) < 4.78 is 10.8. The number of ether oxygens (including phenoxy) is 2. The van der Waals surface area contributed by atoms with Gasteiger partial charge in [-0.2, -0.15) is 0 Å². The number of fused-ring (bicyclic) bond motifs is 1. The van der Waals surface area contributed by atoms with Crippen molar-refractivity contribution in [2.45, 2.75) is 19.8 Å². The molecule has 7 nitrogen and oxygen atoms in total. The number of hydrogen-bond acceptors (Lipinski definition) is 6. The van der Waals surface area contributed by atoms with Crippen LogP contribution in [0.2, 0.25) is 0 Å². The number of methoxy groups -OCH3 is 2. The van der Waals surface area contributed by atoms with Crippen molar-refractivity contribution >= 4 is 28.5 Å². The summed E-state index contributed by atoms with van der Waals surface area (Å²) in [5, 5.41) is 6.40. The third-order valence-corrected chi connectivity index (χ3v) is 5.63. The number of nitrogens with one attached hydrogen (secondary N) is 2. The summed E-state index contributed by atoms with van der Waals surface area (Å²) in [6.45, 7) is 4.10. The molecule has 1 heterocycles. The molecule has 0 spiro atoms. The summed E-state index contributed by atoms with van der Waals surface area (Å²) in [6, 6.07) is 12.0. The van der Waals surface area contributed by atoms with Gasteiger partial charge in [-0.25, -0.2) is 0 Å². The van der Waals surface area contributed by atoms with Crippen LogP contribution in [0.15, 0.2) is 42.1 Å². The highest BCUT2D eigenvalue weighted by Crippen LogP contribution is 2.42. The van der Waals surface area contributed by atoms with Crippen LogP contribution in [0.1, 0.15) is 25.3 Å². The van der Waals surface area contributed by atoms with Gasteiger partial charge in [0.1, 0.15) is 0 Å². The minimum Gasteiger partial charge on any atom is -0.493 e. The predicted molar refractivity (Wildman–Crippen MR) is 132 cm³/mol. The van der Waals surface area contributed by atoms with Gasteiger partial charge in [0.2, 0.25) is 0 Å². The third-order valence-electron chi connectivity index (χ3n) is 5.63. The molecule has 32 heavy (non-hydrogen) atoms. The second-order valence-corrected chi connectivity index (χ2v) is 8.16. The highest BCUT2D eigenvalue weighted by molar-refractivity contribution is 6.32. The van der Waals surface area contributed by atoms with Gasteiger partial charge in [0.15, 0.2) is 11.5 Å². The van der Waals surface area contributed by atoms with E-state index in [4.69, 9.17) is 9.47 Å². The van der Waals surface area contributed by atoms with Crippen molar-refractivity contribution in [2.75, 3.05) is 64.0 Å². The van der Waals surface area contributed by atoms with Gasteiger partial charge < -0.3 is 29.9 Å². The largest absolute Gasteiger partial charge is 0.493 e. The quantitative estimate of drug-likeness (QED) is 0.540. The van der Waals surface area contributed by atoms with Crippen LogP contribution in [0.25, 0.3) is 5.57 Å². The Labute approximate surface area is 191 Å². The highest BCUT2D eigenvalue weighted by atomic mass is 16.5. The maximum atomic E-state index is 12.8. The van der Waals surface area contributed by atoms with Crippen LogP contribution < -0.4 is 25.0 Å². The molecular weight excluding hydrogens is 404 g/mol. The van der Waals surface area contributed by atoms with Crippen LogP contribution in [0.3, 0.4) is 0 Å². The standard InChI is InChI=1S/C25H34N4O3/c1-7-20(24-19-15-22(31-5)23(32-6)16-21(19)27-25(24)30)26-17-9-11-18(12-10-17)29(4)14-8-13-28(2)3/h9-12,15-16,26H,7-8,13-14H2,1-6H3,(H,27,30). The van der Waals surface area contributed by atoms with Crippen molar-refractivity contribution in [1.82, 2.24) is 4.90 Å². The summed E-state index contributed by atoms with van der Waals surface area (Å²) in [6.07, 6.45) is 1.79. The van der Waals surface area contributed by atoms with Crippen LogP contribution in [0.5, 0.6) is 11.5 Å². The molecule has 0 bridgehead atoms. The fourth-order valence-electron chi connectivity index (χ4n) is 3.85. The number of allylic oxidation sites excluding steroid dienone is 1. The van der Waals surface area contributed by atoms with Crippen molar-refractivity contribution in [3.05, 3.63) is 47.7 Å². The molecule has 7 heteroatoms. The van der Waals surface area contributed by atoms with E-state index in [1.165, 1.54) is 5.69 Å². The van der Waals surface area contributed by atoms with E-state index in [9.17, 15) is 4.79 Å². The van der Waals surface area contributed by atoms with Gasteiger partial charge in [-0.15, -0.1) is 0 Å². The van der Waals surface area contributed by atoms with E-state index in [0.29, 0.717) is 23.5 Å². The first-order chi connectivity index (χ1) is 15.4. The van der Waals surface area contributed by atoms with Crippen molar-refractivity contribution in [3.8, 4) is 11.5 Å². The average molecular weight is 439 g/mol. The smallest absolute Gasteiger partial charge is 0.258 e. The molecule has 0 saturated heterocycles. The molecule has 0 fully saturated rings. The summed E-state index contributed by atoms with van der Waals surface area (Å²) >= 11 is 0. The van der Waals surface area contributed by atoms with Crippen molar-refractivity contribution in [1.29, 1.82) is 0 Å². The van der Waals surface area contributed by atoms with E-state index in [1.54, 1.807) is 20.3 Å². The fourth-order valence-corrected chi connectivity index (χ4v) is 3.85. The van der Waals surface area contributed by atoms with Crippen LogP contribution in [0, 0.1) is 0 Å². The lowest BCUT2D eigenvalue weighted by Crippen LogP contribution is -2.23. The number of amides is 1. The molecule has 1 amide bonds. The maximum absolute atomic E-state index is 12.8. The Balaban J connectivity index is 1.82. The minimum atomic E-state index is -0.128. The van der Waals surface area contributed by atoms with Gasteiger partial charge in [-0.05, 0) is 63.8 Å². The number of carbonyl (C=O) groups is 1. The highest BCUT2D eigenvalue weighted by Gasteiger charge is 2.29. The molecule has 2 aromatic rings. The van der Waals surface area contributed by atoms with Crippen LogP contribution in [-0.2, 0) is 4.79 Å². The number of nitrogens with zero attached hydrogens (tertiary/aromatic N) is 2. The van der Waals surface area contributed by atoms with E-state index in [0.717, 1.165) is 42.1 Å². The van der Waals surface area contributed by atoms with Crippen molar-refractivity contribution in [2.24, 2.45) is 0 Å². The molecule has 0 unspecified atom stereocenters. The summed E-state index contributed by atoms with van der Waals surface area (Å²) in [7, 11) is 9.47. The van der Waals surface area contributed by atoms with Crippen molar-refractivity contribution in [3.63, 3.8) is 0 Å². The molecule has 172 valence electrons. The first-order valence-electron chi connectivity index (χ1n) is 10.9. The zero-order chi connectivity index (χ0) is 23.3. The molecule has 0 atom stereocenters. The van der Waals surface area contributed by atoms with Gasteiger partial charge in [0, 0.05) is 42.3 Å². The fraction of sp³-hybridized carbons (Fsp3) is 0.400. The summed E-state index contributed by atoms with van der Waals surface area (Å²) in [5.74, 6) is 1.05. The van der Waals surface area contributed by atoms with E-state index < -0.39 is 0 Å². The van der Waals surface area contributed by atoms with E-state index in [-0.39, 0.29) is 5.91 Å². The Hall–Kier alpha value is -3.19. The number of benzene rings is 2. The van der Waals surface area contributed by atoms with Gasteiger partial charge in [0.05, 0.1) is 25.5 Å². The van der Waals surface area contributed by atoms with E-state index in [2.05, 4.69) is 65.8 Å². The van der Waals surface area contributed by atoms with E-state index >= 15 is 0 Å². The lowest BCUT2D eigenvalue weighted by Gasteiger charge is -2.21. The number of rotatable bonds is 10. The molecule has 1 aliphatic heterocycles. The van der Waals surface area contributed by atoms with Crippen molar-refractivity contribution < 1.29 is 14.3 Å². The van der Waals surface area contributed by atoms with E-state index in [1.807, 2.05) is 13.0 Å². The molecule has 0 aliphatic carbocycles. The monoisotopic (exact) mass is 438 g/mol. The SMILES string of the molecule is CCC(Nc1ccc(N(C)CCCN(C)C)cc1)=C1C(=O)Nc2cc(OC)c(OC)cc21. The summed E-state index contributed by atoms with van der Waals surface area (Å²) in [4.78, 5) is 17.3. The van der Waals surface area contributed by atoms with Crippen LogP contribution in [0.4, 0.5) is 17.1 Å². The Morgan fingerprint density at radius 2 is 1.66 bits per heavy atom. The lowest BCUT2D eigenvalue weighted by molar-refractivity contribution is -0.110. The van der Waals surface area contributed by atoms with Gasteiger partial charge in [0.25, 0.3) is 5.91 Å². The normalized spacial score (nSPS) is 14.2. The lowest BCUT2D eigenvalue weighted by atomic mass is 10.0. The zero-order valence-corrected chi connectivity index (χ0v) is 19.9. The molecule has 0 aromatic heterocycles. The Morgan fingerprint density at radius 1 is 1.00 bits per heavy atom. The average Bonchev–Trinajstić information content (AvgIpc) is 3.10. The second-order valence-electron chi connectivity index (χ2n) is 8.16. The van der Waals surface area contributed by atoms with Crippen LogP contribution >= 0.6 is 0 Å². The first kappa shape index (κ1) is 23.5. The Morgan fingerprint density at radius 3 is 2.25 bits per heavy atom. The number of carbonyl (C=O) groups excluding carboxylic acids is 1. The van der Waals surface area contributed by atoms with Gasteiger partial charge >= 0.3 is 0 Å². The molecular formula is C25H34N4O3. The van der Waals surface area contributed by atoms with Crippen LogP contribution in [-0.4, -0.2) is 59.3 Å². The summed E-state index contributed by atoms with van der Waals surface area (Å²) in [5.41, 5.74) is 5.15. The number of hydrogen-bond donors (Lipinski definition) is 2. The molecule has 0 radical (unpaired) electrons. The molecule has 2 aromatic carbocycles. The molecule has 3 rings (SSSR count). The first-order valence-corrected chi connectivity index (χ1v) is 10.9. The van der Waals surface area contributed by atoms with Gasteiger partial charge in [-0.1, -0.05) is 6.92 Å². The van der Waals surface area contributed by atoms with Gasteiger partial charge in [-0.3, -0.25) is 4.79 Å². The Bertz CT molecular complexity index is 983. The second kappa shape index (κ2) is 10.4. The number of anilines is 3. The maximum Gasteiger partial charge on any atom is 0.258 e. The minimum absolute atomic E-state index is 0.128. The molecule has 0 saturated carbocycles. The predicted octanol–water partition coefficient (Wildman–Crippen LogP) is 4.28. The molecule has 1 aliphatic rings. The topological polar surface area (TPSA) is 66.1 Å². The zero-order valence-electron chi connectivity index (χ0n) is 19.9. The molecule has 2 N–H and O–H groups in total. The Kier molecular flexibility index (Phi) is 7.64.